The fourth-order valence-electron chi connectivity index (χ4n) is 2.38. The highest BCUT2D eigenvalue weighted by molar-refractivity contribution is 5.51. The molecule has 0 amide bonds. The second-order valence-electron chi connectivity index (χ2n) is 4.65. The van der Waals surface area contributed by atoms with Crippen LogP contribution in [0.5, 0.6) is 5.75 Å². The highest BCUT2D eigenvalue weighted by atomic mass is 19.1. The number of benzene rings is 1. The first-order chi connectivity index (χ1) is 8.74. The lowest BCUT2D eigenvalue weighted by molar-refractivity contribution is 0.386. The molecule has 1 heterocycles. The first kappa shape index (κ1) is 13.1. The molecule has 0 spiro atoms. The van der Waals surface area contributed by atoms with Gasteiger partial charge in [-0.05, 0) is 25.0 Å². The summed E-state index contributed by atoms with van der Waals surface area (Å²) in [7, 11) is 1.50. The highest BCUT2D eigenvalue weighted by Crippen LogP contribution is 2.25. The van der Waals surface area contributed by atoms with E-state index in [9.17, 15) is 4.39 Å². The molecule has 0 aliphatic carbocycles. The molecule has 18 heavy (non-hydrogen) atoms. The van der Waals surface area contributed by atoms with Gasteiger partial charge < -0.3 is 15.0 Å². The minimum absolute atomic E-state index is 0.305. The van der Waals surface area contributed by atoms with E-state index in [4.69, 9.17) is 4.74 Å². The molecular weight excluding hydrogens is 231 g/mol. The van der Waals surface area contributed by atoms with Crippen molar-refractivity contribution in [1.29, 1.82) is 0 Å². The van der Waals surface area contributed by atoms with Gasteiger partial charge in [0, 0.05) is 37.4 Å². The van der Waals surface area contributed by atoms with Crippen LogP contribution in [0.15, 0.2) is 18.2 Å². The number of rotatable bonds is 3. The van der Waals surface area contributed by atoms with Crippen LogP contribution in [-0.4, -0.2) is 32.8 Å². The Bertz CT molecular complexity index is 397. The van der Waals surface area contributed by atoms with Crippen molar-refractivity contribution in [2.75, 3.05) is 31.6 Å². The Morgan fingerprint density at radius 1 is 1.44 bits per heavy atom. The van der Waals surface area contributed by atoms with E-state index < -0.39 is 0 Å². The van der Waals surface area contributed by atoms with Crippen molar-refractivity contribution < 1.29 is 9.13 Å². The minimum atomic E-state index is -0.305. The second-order valence-corrected chi connectivity index (χ2v) is 4.65. The van der Waals surface area contributed by atoms with Gasteiger partial charge in [-0.25, -0.2) is 4.39 Å². The molecule has 1 fully saturated rings. The largest absolute Gasteiger partial charge is 0.494 e. The van der Waals surface area contributed by atoms with Gasteiger partial charge >= 0.3 is 0 Å². The van der Waals surface area contributed by atoms with Crippen molar-refractivity contribution in [1.82, 2.24) is 5.32 Å². The number of hydrogen-bond acceptors (Lipinski definition) is 3. The van der Waals surface area contributed by atoms with E-state index in [2.05, 4.69) is 17.1 Å². The molecule has 1 atom stereocenters. The number of anilines is 1. The maximum atomic E-state index is 13.4. The summed E-state index contributed by atoms with van der Waals surface area (Å²) in [4.78, 5) is 2.28. The molecule has 1 aliphatic rings. The molecule has 4 heteroatoms. The summed E-state index contributed by atoms with van der Waals surface area (Å²) in [5.74, 6) is 0.0115. The number of methoxy groups -OCH3 is 1. The molecule has 1 aromatic carbocycles. The summed E-state index contributed by atoms with van der Waals surface area (Å²) in [6, 6.07) is 5.67. The zero-order valence-corrected chi connectivity index (χ0v) is 11.1. The lowest BCUT2D eigenvalue weighted by Crippen LogP contribution is -2.30. The summed E-state index contributed by atoms with van der Waals surface area (Å²) in [5, 5.41) is 3.52. The van der Waals surface area contributed by atoms with Gasteiger partial charge in [-0.3, -0.25) is 0 Å². The lowest BCUT2D eigenvalue weighted by Gasteiger charge is -2.23. The average Bonchev–Trinajstić information content (AvgIpc) is 2.64. The molecular formula is C14H21FN2O. The van der Waals surface area contributed by atoms with Gasteiger partial charge in [0.15, 0.2) is 11.6 Å². The fraction of sp³-hybridized carbons (Fsp3) is 0.571. The third-order valence-corrected chi connectivity index (χ3v) is 3.55. The summed E-state index contributed by atoms with van der Waals surface area (Å²) < 4.78 is 18.4. The molecule has 1 N–H and O–H groups in total. The van der Waals surface area contributed by atoms with Crippen LogP contribution < -0.4 is 15.0 Å². The maximum absolute atomic E-state index is 13.4. The van der Waals surface area contributed by atoms with Gasteiger partial charge in [0.2, 0.25) is 0 Å². The van der Waals surface area contributed by atoms with Crippen LogP contribution in [0.1, 0.15) is 19.8 Å². The summed E-state index contributed by atoms with van der Waals surface area (Å²) in [6.07, 6.45) is 2.27. The lowest BCUT2D eigenvalue weighted by atomic mass is 10.1. The van der Waals surface area contributed by atoms with Crippen LogP contribution in [0.4, 0.5) is 10.1 Å². The number of nitrogens with one attached hydrogen (secondary N) is 1. The Morgan fingerprint density at radius 3 is 3.00 bits per heavy atom. The number of hydrogen-bond donors (Lipinski definition) is 1. The monoisotopic (exact) mass is 252 g/mol. The van der Waals surface area contributed by atoms with Gasteiger partial charge in [0.05, 0.1) is 7.11 Å². The first-order valence-corrected chi connectivity index (χ1v) is 6.56. The van der Waals surface area contributed by atoms with Crippen LogP contribution in [0.3, 0.4) is 0 Å². The standard InChI is InChI=1S/C14H21FN2O/c1-3-11-6-8-17(9-7-16-11)12-4-5-13(15)14(10-12)18-2/h4-5,10-11,16H,3,6-9H2,1-2H3. The summed E-state index contributed by atoms with van der Waals surface area (Å²) in [6.45, 7) is 5.12. The maximum Gasteiger partial charge on any atom is 0.165 e. The van der Waals surface area contributed by atoms with Crippen molar-refractivity contribution >= 4 is 5.69 Å². The van der Waals surface area contributed by atoms with Crippen molar-refractivity contribution in [2.45, 2.75) is 25.8 Å². The first-order valence-electron chi connectivity index (χ1n) is 6.56. The summed E-state index contributed by atoms with van der Waals surface area (Å²) in [5.41, 5.74) is 1.03. The highest BCUT2D eigenvalue weighted by Gasteiger charge is 2.16. The molecule has 0 bridgehead atoms. The van der Waals surface area contributed by atoms with E-state index in [1.165, 1.54) is 13.2 Å². The van der Waals surface area contributed by atoms with Crippen molar-refractivity contribution in [3.8, 4) is 5.75 Å². The Labute approximate surface area is 108 Å². The van der Waals surface area contributed by atoms with E-state index in [0.717, 1.165) is 38.2 Å². The molecule has 1 aromatic rings. The van der Waals surface area contributed by atoms with Gasteiger partial charge in [-0.2, -0.15) is 0 Å². The van der Waals surface area contributed by atoms with Gasteiger partial charge in [-0.1, -0.05) is 6.92 Å². The van der Waals surface area contributed by atoms with Crippen molar-refractivity contribution in [2.24, 2.45) is 0 Å². The molecule has 0 radical (unpaired) electrons. The molecule has 2 rings (SSSR count). The predicted octanol–water partition coefficient (Wildman–Crippen LogP) is 2.41. The van der Waals surface area contributed by atoms with Crippen LogP contribution in [-0.2, 0) is 0 Å². The van der Waals surface area contributed by atoms with E-state index >= 15 is 0 Å². The molecule has 0 aromatic heterocycles. The van der Waals surface area contributed by atoms with Gasteiger partial charge in [0.25, 0.3) is 0 Å². The Hall–Kier alpha value is -1.29. The Kier molecular flexibility index (Phi) is 4.42. The van der Waals surface area contributed by atoms with E-state index in [-0.39, 0.29) is 5.82 Å². The topological polar surface area (TPSA) is 24.5 Å². The van der Waals surface area contributed by atoms with E-state index in [1.54, 1.807) is 6.07 Å². The van der Waals surface area contributed by atoms with Crippen LogP contribution in [0, 0.1) is 5.82 Å². The third-order valence-electron chi connectivity index (χ3n) is 3.55. The minimum Gasteiger partial charge on any atom is -0.494 e. The van der Waals surface area contributed by atoms with Gasteiger partial charge in [-0.15, -0.1) is 0 Å². The van der Waals surface area contributed by atoms with Gasteiger partial charge in [0.1, 0.15) is 0 Å². The molecule has 1 aliphatic heterocycles. The quantitative estimate of drug-likeness (QED) is 0.894. The van der Waals surface area contributed by atoms with E-state index in [0.29, 0.717) is 11.8 Å². The molecule has 3 nitrogen and oxygen atoms in total. The van der Waals surface area contributed by atoms with Crippen molar-refractivity contribution in [3.63, 3.8) is 0 Å². The molecule has 0 saturated carbocycles. The number of nitrogens with zero attached hydrogens (tertiary/aromatic N) is 1. The third kappa shape index (κ3) is 2.93. The van der Waals surface area contributed by atoms with Crippen LogP contribution in [0.2, 0.25) is 0 Å². The molecule has 1 saturated heterocycles. The smallest absolute Gasteiger partial charge is 0.165 e. The summed E-state index contributed by atoms with van der Waals surface area (Å²) >= 11 is 0. The van der Waals surface area contributed by atoms with E-state index in [1.807, 2.05) is 6.07 Å². The number of ether oxygens (including phenoxy) is 1. The Morgan fingerprint density at radius 2 is 2.28 bits per heavy atom. The average molecular weight is 252 g/mol. The molecule has 1 unspecified atom stereocenters. The predicted molar refractivity (Wildman–Crippen MR) is 71.9 cm³/mol. The molecule has 100 valence electrons. The Balaban J connectivity index is 2.11. The zero-order valence-electron chi connectivity index (χ0n) is 11.1. The van der Waals surface area contributed by atoms with Crippen molar-refractivity contribution in [3.05, 3.63) is 24.0 Å². The van der Waals surface area contributed by atoms with Crippen LogP contribution >= 0.6 is 0 Å². The van der Waals surface area contributed by atoms with Crippen LogP contribution in [0.25, 0.3) is 0 Å². The normalized spacial score (nSPS) is 20.6. The zero-order chi connectivity index (χ0) is 13.0. The second kappa shape index (κ2) is 6.05. The number of halogens is 1. The fourth-order valence-corrected chi connectivity index (χ4v) is 2.38. The SMILES string of the molecule is CCC1CCN(c2ccc(F)c(OC)c2)CCN1.